The molecule has 1 aliphatic heterocycles. The number of esters is 2. The third-order valence-corrected chi connectivity index (χ3v) is 4.49. The Morgan fingerprint density at radius 1 is 0.857 bits per heavy atom. The molecule has 3 rings (SSSR count). The summed E-state index contributed by atoms with van der Waals surface area (Å²) in [5.41, 5.74) is 4.33. The molecular formula is C23H21NO4. The molecule has 0 amide bonds. The van der Waals surface area contributed by atoms with Gasteiger partial charge < -0.3 is 14.4 Å². The summed E-state index contributed by atoms with van der Waals surface area (Å²) in [4.78, 5) is 26.3. The molecule has 0 unspecified atom stereocenters. The van der Waals surface area contributed by atoms with Gasteiger partial charge in [0.05, 0.1) is 19.8 Å². The lowest BCUT2D eigenvalue weighted by atomic mass is 10.0. The second kappa shape index (κ2) is 8.39. The summed E-state index contributed by atoms with van der Waals surface area (Å²) in [6.07, 6.45) is 6.67. The second-order valence-electron chi connectivity index (χ2n) is 6.18. The Labute approximate surface area is 164 Å². The van der Waals surface area contributed by atoms with Crippen molar-refractivity contribution in [1.29, 1.82) is 0 Å². The number of hydrogen-bond donors (Lipinski definition) is 0. The van der Waals surface area contributed by atoms with Gasteiger partial charge in [0, 0.05) is 11.9 Å². The molecule has 0 fully saturated rings. The molecule has 0 N–H and O–H groups in total. The molecule has 2 aromatic carbocycles. The molecule has 5 heteroatoms. The second-order valence-corrected chi connectivity index (χ2v) is 6.18. The molecule has 0 saturated carbocycles. The van der Waals surface area contributed by atoms with E-state index in [1.165, 1.54) is 25.9 Å². The molecule has 0 bridgehead atoms. The highest BCUT2D eigenvalue weighted by Gasteiger charge is 2.27. The Morgan fingerprint density at radius 3 is 2.18 bits per heavy atom. The average Bonchev–Trinajstić information content (AvgIpc) is 2.96. The highest BCUT2D eigenvalue weighted by molar-refractivity contribution is 6.05. The fourth-order valence-electron chi connectivity index (χ4n) is 3.06. The highest BCUT2D eigenvalue weighted by atomic mass is 16.5. The van der Waals surface area contributed by atoms with Crippen molar-refractivity contribution in [3.05, 3.63) is 89.8 Å². The van der Waals surface area contributed by atoms with Crippen LogP contribution < -0.4 is 4.90 Å². The van der Waals surface area contributed by atoms with Crippen LogP contribution in [-0.2, 0) is 19.1 Å². The lowest BCUT2D eigenvalue weighted by molar-refractivity contribution is -0.139. The number of carbonyl (C=O) groups excluding carboxylic acids is 2. The van der Waals surface area contributed by atoms with E-state index in [2.05, 4.69) is 19.1 Å². The van der Waals surface area contributed by atoms with Crippen molar-refractivity contribution in [3.8, 4) is 11.1 Å². The van der Waals surface area contributed by atoms with Crippen molar-refractivity contribution in [2.24, 2.45) is 0 Å². The van der Waals surface area contributed by atoms with Crippen molar-refractivity contribution in [3.63, 3.8) is 0 Å². The summed E-state index contributed by atoms with van der Waals surface area (Å²) >= 11 is 0. The summed E-state index contributed by atoms with van der Waals surface area (Å²) in [7, 11) is 2.56. The zero-order chi connectivity index (χ0) is 20.1. The number of anilines is 1. The summed E-state index contributed by atoms with van der Waals surface area (Å²) in [6, 6.07) is 15.9. The SMILES string of the molecule is COC(=O)C1=C(C(=O)OC)N(c2ccc(-c3ccccc3C)cc2)C=CC=C1. The number of methoxy groups -OCH3 is 2. The van der Waals surface area contributed by atoms with Gasteiger partial charge in [-0.1, -0.05) is 42.5 Å². The van der Waals surface area contributed by atoms with Gasteiger partial charge >= 0.3 is 11.9 Å². The van der Waals surface area contributed by atoms with Gasteiger partial charge in [-0.25, -0.2) is 9.59 Å². The van der Waals surface area contributed by atoms with E-state index in [-0.39, 0.29) is 11.3 Å². The van der Waals surface area contributed by atoms with Crippen molar-refractivity contribution in [2.75, 3.05) is 19.1 Å². The number of allylic oxidation sites excluding steroid dienone is 2. The first-order valence-corrected chi connectivity index (χ1v) is 8.78. The predicted octanol–water partition coefficient (Wildman–Crippen LogP) is 4.15. The van der Waals surface area contributed by atoms with Crippen LogP contribution in [0.5, 0.6) is 0 Å². The minimum absolute atomic E-state index is 0.1000. The summed E-state index contributed by atoms with van der Waals surface area (Å²) < 4.78 is 9.75. The van der Waals surface area contributed by atoms with Crippen molar-refractivity contribution in [1.82, 2.24) is 0 Å². The Bertz CT molecular complexity index is 984. The number of hydrogen-bond acceptors (Lipinski definition) is 5. The monoisotopic (exact) mass is 375 g/mol. The van der Waals surface area contributed by atoms with E-state index in [4.69, 9.17) is 9.47 Å². The number of rotatable bonds is 4. The Balaban J connectivity index is 2.06. The molecule has 5 nitrogen and oxygen atoms in total. The molecule has 1 heterocycles. The molecule has 28 heavy (non-hydrogen) atoms. The number of benzene rings is 2. The van der Waals surface area contributed by atoms with Crippen molar-refractivity contribution >= 4 is 17.6 Å². The summed E-state index contributed by atoms with van der Waals surface area (Å²) in [6.45, 7) is 2.06. The number of carbonyl (C=O) groups is 2. The van der Waals surface area contributed by atoms with Gasteiger partial charge in [-0.15, -0.1) is 0 Å². The van der Waals surface area contributed by atoms with Gasteiger partial charge in [0.25, 0.3) is 0 Å². The molecule has 1 aliphatic rings. The van der Waals surface area contributed by atoms with E-state index in [9.17, 15) is 9.59 Å². The van der Waals surface area contributed by atoms with Crippen LogP contribution in [0.4, 0.5) is 5.69 Å². The quantitative estimate of drug-likeness (QED) is 0.752. The Morgan fingerprint density at radius 2 is 1.54 bits per heavy atom. The molecule has 2 aromatic rings. The minimum Gasteiger partial charge on any atom is -0.465 e. The van der Waals surface area contributed by atoms with Gasteiger partial charge in [0.1, 0.15) is 5.70 Å². The van der Waals surface area contributed by atoms with Gasteiger partial charge in [-0.05, 0) is 47.9 Å². The molecule has 0 aromatic heterocycles. The average molecular weight is 375 g/mol. The third kappa shape index (κ3) is 3.74. The normalized spacial score (nSPS) is 13.3. The lowest BCUT2D eigenvalue weighted by Crippen LogP contribution is -2.26. The maximum Gasteiger partial charge on any atom is 0.355 e. The van der Waals surface area contributed by atoms with Crippen LogP contribution >= 0.6 is 0 Å². The van der Waals surface area contributed by atoms with E-state index < -0.39 is 11.9 Å². The van der Waals surface area contributed by atoms with Crippen LogP contribution in [0.1, 0.15) is 5.56 Å². The first-order valence-electron chi connectivity index (χ1n) is 8.78. The lowest BCUT2D eigenvalue weighted by Gasteiger charge is -2.23. The largest absolute Gasteiger partial charge is 0.465 e. The van der Waals surface area contributed by atoms with Gasteiger partial charge in [-0.2, -0.15) is 0 Å². The van der Waals surface area contributed by atoms with Crippen molar-refractivity contribution < 1.29 is 19.1 Å². The molecule has 0 aliphatic carbocycles. The number of ether oxygens (including phenoxy) is 2. The Hall–Kier alpha value is -3.60. The van der Waals surface area contributed by atoms with Crippen LogP contribution in [0.15, 0.2) is 84.2 Å². The first-order chi connectivity index (χ1) is 13.6. The van der Waals surface area contributed by atoms with E-state index in [0.29, 0.717) is 0 Å². The van der Waals surface area contributed by atoms with E-state index >= 15 is 0 Å². The molecule has 0 saturated heterocycles. The fraction of sp³-hybridized carbons (Fsp3) is 0.130. The molecular weight excluding hydrogens is 354 g/mol. The molecule has 0 radical (unpaired) electrons. The van der Waals surface area contributed by atoms with Gasteiger partial charge in [0.15, 0.2) is 0 Å². The summed E-state index contributed by atoms with van der Waals surface area (Å²) in [5.74, 6) is -1.23. The van der Waals surface area contributed by atoms with E-state index in [1.807, 2.05) is 36.4 Å². The standard InChI is InChI=1S/C23H21NO4/c1-16-8-4-5-9-19(16)17-11-13-18(14-12-17)24-15-7-6-10-20(22(25)27-2)21(24)23(26)28-3/h4-15H,1-3H3. The van der Waals surface area contributed by atoms with Crippen LogP contribution in [0.3, 0.4) is 0 Å². The first kappa shape index (κ1) is 19.2. The zero-order valence-electron chi connectivity index (χ0n) is 16.0. The molecule has 0 atom stereocenters. The topological polar surface area (TPSA) is 55.8 Å². The number of nitrogens with zero attached hydrogens (tertiary/aromatic N) is 1. The highest BCUT2D eigenvalue weighted by Crippen LogP contribution is 2.30. The smallest absolute Gasteiger partial charge is 0.355 e. The predicted molar refractivity (Wildman–Crippen MR) is 108 cm³/mol. The van der Waals surface area contributed by atoms with Gasteiger partial charge in [-0.3, -0.25) is 0 Å². The van der Waals surface area contributed by atoms with Crippen molar-refractivity contribution in [2.45, 2.75) is 6.92 Å². The third-order valence-electron chi connectivity index (χ3n) is 4.49. The zero-order valence-corrected chi connectivity index (χ0v) is 16.0. The van der Waals surface area contributed by atoms with Crippen LogP contribution in [-0.4, -0.2) is 26.2 Å². The molecule has 0 spiro atoms. The maximum atomic E-state index is 12.5. The van der Waals surface area contributed by atoms with Crippen LogP contribution in [0.2, 0.25) is 0 Å². The molecule has 142 valence electrons. The number of aryl methyl sites for hydroxylation is 1. The summed E-state index contributed by atoms with van der Waals surface area (Å²) in [5, 5.41) is 0. The minimum atomic E-state index is -0.625. The maximum absolute atomic E-state index is 12.5. The van der Waals surface area contributed by atoms with Crippen LogP contribution in [0, 0.1) is 6.92 Å². The van der Waals surface area contributed by atoms with Gasteiger partial charge in [0.2, 0.25) is 0 Å². The van der Waals surface area contributed by atoms with E-state index in [0.717, 1.165) is 16.8 Å². The van der Waals surface area contributed by atoms with Crippen LogP contribution in [0.25, 0.3) is 11.1 Å². The van der Waals surface area contributed by atoms with E-state index in [1.54, 1.807) is 23.3 Å². The Kier molecular flexibility index (Phi) is 5.75. The fourth-order valence-corrected chi connectivity index (χ4v) is 3.06.